The molecule has 0 atom stereocenters. The highest BCUT2D eigenvalue weighted by molar-refractivity contribution is 7.99. The molecule has 0 spiro atoms. The smallest absolute Gasteiger partial charge is 0.190 e. The first kappa shape index (κ1) is 11.6. The van der Waals surface area contributed by atoms with E-state index >= 15 is 0 Å². The highest BCUT2D eigenvalue weighted by Crippen LogP contribution is 2.21. The van der Waals surface area contributed by atoms with Crippen LogP contribution in [-0.2, 0) is 4.84 Å². The summed E-state index contributed by atoms with van der Waals surface area (Å²) in [5.41, 5.74) is 0. The molecule has 1 heterocycles. The van der Waals surface area contributed by atoms with Crippen molar-refractivity contribution >= 4 is 29.3 Å². The molecule has 78 valence electrons. The first-order valence-electron chi connectivity index (χ1n) is 3.96. The molecular weight excluding hydrogens is 218 g/mol. The number of aromatic nitrogens is 2. The number of thioether (sulfide) groups is 2. The maximum Gasteiger partial charge on any atom is 0.190 e. The second kappa shape index (κ2) is 5.43. The van der Waals surface area contributed by atoms with Gasteiger partial charge in [-0.1, -0.05) is 11.8 Å². The molecule has 0 aliphatic heterocycles. The van der Waals surface area contributed by atoms with E-state index in [2.05, 4.69) is 9.97 Å². The van der Waals surface area contributed by atoms with Crippen molar-refractivity contribution in [2.24, 2.45) is 0 Å². The third-order valence-electron chi connectivity index (χ3n) is 1.66. The number of rotatable bonds is 4. The normalized spacial score (nSPS) is 10.3. The van der Waals surface area contributed by atoms with Crippen LogP contribution in [0.2, 0.25) is 0 Å². The maximum absolute atomic E-state index is 5.06. The molecule has 14 heavy (non-hydrogen) atoms. The van der Waals surface area contributed by atoms with Crippen molar-refractivity contribution in [3.8, 4) is 0 Å². The first-order valence-corrected chi connectivity index (χ1v) is 6.41. The van der Waals surface area contributed by atoms with Crippen molar-refractivity contribution in [1.82, 2.24) is 9.97 Å². The minimum Gasteiger partial charge on any atom is -0.276 e. The number of hydrogen-bond acceptors (Lipinski definition) is 6. The highest BCUT2D eigenvalue weighted by Gasteiger charge is 2.06. The van der Waals surface area contributed by atoms with Crippen molar-refractivity contribution in [2.45, 2.75) is 10.2 Å². The zero-order chi connectivity index (χ0) is 10.6. The molecule has 1 aromatic rings. The van der Waals surface area contributed by atoms with Gasteiger partial charge in [-0.05, 0) is 12.5 Å². The van der Waals surface area contributed by atoms with E-state index in [9.17, 15) is 0 Å². The van der Waals surface area contributed by atoms with Crippen molar-refractivity contribution in [3.05, 3.63) is 6.07 Å². The number of hydroxylamine groups is 1. The van der Waals surface area contributed by atoms with E-state index in [1.54, 1.807) is 23.9 Å². The van der Waals surface area contributed by atoms with Gasteiger partial charge in [-0.3, -0.25) is 4.84 Å². The van der Waals surface area contributed by atoms with E-state index in [0.717, 1.165) is 16.0 Å². The molecule has 0 saturated carbocycles. The molecule has 4 nitrogen and oxygen atoms in total. The second-order valence-electron chi connectivity index (χ2n) is 2.44. The van der Waals surface area contributed by atoms with Gasteiger partial charge in [-0.2, -0.15) is 0 Å². The van der Waals surface area contributed by atoms with Crippen LogP contribution < -0.4 is 5.06 Å². The highest BCUT2D eigenvalue weighted by atomic mass is 32.2. The largest absolute Gasteiger partial charge is 0.276 e. The lowest BCUT2D eigenvalue weighted by Crippen LogP contribution is -2.16. The molecule has 0 unspecified atom stereocenters. The molecule has 1 aromatic heterocycles. The molecule has 6 heteroatoms. The maximum atomic E-state index is 5.06. The monoisotopic (exact) mass is 231 g/mol. The lowest BCUT2D eigenvalue weighted by Gasteiger charge is -2.15. The third-order valence-corrected chi connectivity index (χ3v) is 2.83. The van der Waals surface area contributed by atoms with Crippen LogP contribution in [0, 0.1) is 0 Å². The Morgan fingerprint density at radius 2 is 2.00 bits per heavy atom. The van der Waals surface area contributed by atoms with Gasteiger partial charge in [-0.25, -0.2) is 15.0 Å². The van der Waals surface area contributed by atoms with Gasteiger partial charge in [0.2, 0.25) is 0 Å². The Hall–Kier alpha value is -0.460. The molecule has 0 amide bonds. The Kier molecular flexibility index (Phi) is 4.50. The van der Waals surface area contributed by atoms with Gasteiger partial charge in [0.05, 0.1) is 7.11 Å². The number of hydrogen-bond donors (Lipinski definition) is 0. The van der Waals surface area contributed by atoms with E-state index in [1.807, 2.05) is 25.6 Å². The van der Waals surface area contributed by atoms with Crippen LogP contribution in [0.25, 0.3) is 0 Å². The van der Waals surface area contributed by atoms with Gasteiger partial charge >= 0.3 is 0 Å². The first-order chi connectivity index (χ1) is 6.71. The average Bonchev–Trinajstić information content (AvgIpc) is 2.27. The van der Waals surface area contributed by atoms with Crippen LogP contribution in [0.15, 0.2) is 16.2 Å². The van der Waals surface area contributed by atoms with Gasteiger partial charge < -0.3 is 0 Å². The van der Waals surface area contributed by atoms with Crippen LogP contribution in [-0.4, -0.2) is 36.6 Å². The Morgan fingerprint density at radius 3 is 2.50 bits per heavy atom. The summed E-state index contributed by atoms with van der Waals surface area (Å²) in [6.07, 6.45) is 3.94. The molecule has 1 rings (SSSR count). The number of anilines is 1. The van der Waals surface area contributed by atoms with E-state index < -0.39 is 0 Å². The second-order valence-corrected chi connectivity index (χ2v) is 4.04. The summed E-state index contributed by atoms with van der Waals surface area (Å²) in [6, 6.07) is 1.90. The van der Waals surface area contributed by atoms with E-state index in [1.165, 1.54) is 11.8 Å². The Balaban J connectivity index is 3.04. The van der Waals surface area contributed by atoms with Crippen molar-refractivity contribution in [3.63, 3.8) is 0 Å². The van der Waals surface area contributed by atoms with Gasteiger partial charge in [-0.15, -0.1) is 11.8 Å². The summed E-state index contributed by atoms with van der Waals surface area (Å²) in [5.74, 6) is 0.774. The summed E-state index contributed by atoms with van der Waals surface area (Å²) >= 11 is 3.12. The summed E-state index contributed by atoms with van der Waals surface area (Å²) < 4.78 is 0. The van der Waals surface area contributed by atoms with Crippen LogP contribution >= 0.6 is 23.5 Å². The molecule has 0 fully saturated rings. The predicted molar refractivity (Wildman–Crippen MR) is 61.0 cm³/mol. The van der Waals surface area contributed by atoms with Gasteiger partial charge in [0.25, 0.3) is 0 Å². The van der Waals surface area contributed by atoms with E-state index in [0.29, 0.717) is 0 Å². The fourth-order valence-corrected chi connectivity index (χ4v) is 1.68. The van der Waals surface area contributed by atoms with E-state index in [4.69, 9.17) is 4.84 Å². The number of nitrogens with zero attached hydrogens (tertiary/aromatic N) is 3. The standard InChI is InChI=1S/C8H13N3OS2/c1-11(12-2)6-5-7(13-3)10-8(9-6)14-4/h5H,1-4H3. The molecule has 0 aliphatic carbocycles. The van der Waals surface area contributed by atoms with Crippen LogP contribution in [0.3, 0.4) is 0 Å². The zero-order valence-electron chi connectivity index (χ0n) is 8.64. The molecular formula is C8H13N3OS2. The minimum atomic E-state index is 0.760. The fourth-order valence-electron chi connectivity index (χ4n) is 0.843. The summed E-state index contributed by atoms with van der Waals surface area (Å²) in [4.78, 5) is 13.7. The molecule has 0 aromatic carbocycles. The minimum absolute atomic E-state index is 0.760. The van der Waals surface area contributed by atoms with Gasteiger partial charge in [0, 0.05) is 13.1 Å². The molecule has 0 radical (unpaired) electrons. The molecule has 0 saturated heterocycles. The van der Waals surface area contributed by atoms with Crippen molar-refractivity contribution in [2.75, 3.05) is 31.7 Å². The van der Waals surface area contributed by atoms with E-state index in [-0.39, 0.29) is 0 Å². The molecule has 0 bridgehead atoms. The zero-order valence-corrected chi connectivity index (χ0v) is 10.3. The molecule has 0 aliphatic rings. The Bertz CT molecular complexity index is 286. The van der Waals surface area contributed by atoms with Crippen molar-refractivity contribution < 1.29 is 4.84 Å². The molecule has 0 N–H and O–H groups in total. The third kappa shape index (κ3) is 2.76. The SMILES string of the molecule is CON(C)c1cc(SC)nc(SC)n1. The van der Waals surface area contributed by atoms with Gasteiger partial charge in [0.15, 0.2) is 11.0 Å². The lowest BCUT2D eigenvalue weighted by molar-refractivity contribution is 0.181. The summed E-state index contributed by atoms with van der Waals surface area (Å²) in [6.45, 7) is 0. The Morgan fingerprint density at radius 1 is 1.29 bits per heavy atom. The predicted octanol–water partition coefficient (Wildman–Crippen LogP) is 1.92. The lowest BCUT2D eigenvalue weighted by atomic mass is 10.6. The fraction of sp³-hybridized carbons (Fsp3) is 0.500. The summed E-state index contributed by atoms with van der Waals surface area (Å²) in [7, 11) is 3.43. The van der Waals surface area contributed by atoms with Crippen molar-refractivity contribution in [1.29, 1.82) is 0 Å². The Labute approximate surface area is 92.4 Å². The van der Waals surface area contributed by atoms with Crippen LogP contribution in [0.5, 0.6) is 0 Å². The average molecular weight is 231 g/mol. The quantitative estimate of drug-likeness (QED) is 0.341. The summed E-state index contributed by atoms with van der Waals surface area (Å²) in [5, 5.41) is 3.32. The van der Waals surface area contributed by atoms with Gasteiger partial charge in [0.1, 0.15) is 5.03 Å². The topological polar surface area (TPSA) is 38.2 Å². The van der Waals surface area contributed by atoms with Crippen LogP contribution in [0.1, 0.15) is 0 Å². The van der Waals surface area contributed by atoms with Crippen LogP contribution in [0.4, 0.5) is 5.82 Å².